The highest BCUT2D eigenvalue weighted by atomic mass is 32.2. The predicted molar refractivity (Wildman–Crippen MR) is 55.3 cm³/mol. The van der Waals surface area contributed by atoms with Crippen molar-refractivity contribution in [3.05, 3.63) is 0 Å². The summed E-state index contributed by atoms with van der Waals surface area (Å²) in [6.45, 7) is 1.26. The van der Waals surface area contributed by atoms with Gasteiger partial charge < -0.3 is 5.73 Å². The monoisotopic (exact) mass is 218 g/mol. The molecular formula is C9H18N2O2S. The predicted octanol–water partition coefficient (Wildman–Crippen LogP) is 0.197. The van der Waals surface area contributed by atoms with Crippen molar-refractivity contribution in [2.45, 2.75) is 37.4 Å². The molecule has 0 unspecified atom stereocenters. The summed E-state index contributed by atoms with van der Waals surface area (Å²) in [7, 11) is -2.99. The quantitative estimate of drug-likeness (QED) is 0.669. The van der Waals surface area contributed by atoms with Crippen molar-refractivity contribution < 1.29 is 8.42 Å². The fourth-order valence-corrected chi connectivity index (χ4v) is 3.25. The highest BCUT2D eigenvalue weighted by molar-refractivity contribution is 7.90. The molecule has 0 aromatic heterocycles. The number of nitrogens with one attached hydrogen (secondary N) is 1. The lowest BCUT2D eigenvalue weighted by Crippen LogP contribution is -2.33. The van der Waals surface area contributed by atoms with E-state index in [9.17, 15) is 8.42 Å². The molecule has 0 spiro atoms. The van der Waals surface area contributed by atoms with E-state index in [-0.39, 0.29) is 10.7 Å². The maximum atomic E-state index is 11.5. The Kier molecular flexibility index (Phi) is 2.57. The summed E-state index contributed by atoms with van der Waals surface area (Å²) < 4.78 is 25.8. The van der Waals surface area contributed by atoms with E-state index in [0.29, 0.717) is 13.1 Å². The van der Waals surface area contributed by atoms with Crippen LogP contribution in [0, 0.1) is 5.41 Å². The first kappa shape index (κ1) is 10.4. The molecule has 0 aromatic rings. The summed E-state index contributed by atoms with van der Waals surface area (Å²) in [6, 6.07) is 0. The molecule has 3 N–H and O–H groups in total. The molecule has 0 aliphatic heterocycles. The Hall–Kier alpha value is -0.130. The molecule has 0 heterocycles. The van der Waals surface area contributed by atoms with Gasteiger partial charge in [0, 0.05) is 6.54 Å². The summed E-state index contributed by atoms with van der Waals surface area (Å²) in [4.78, 5) is 0. The zero-order valence-corrected chi connectivity index (χ0v) is 9.15. The van der Waals surface area contributed by atoms with E-state index < -0.39 is 10.0 Å². The summed E-state index contributed by atoms with van der Waals surface area (Å²) in [5.41, 5.74) is 5.69. The Labute approximate surface area is 85.3 Å². The van der Waals surface area contributed by atoms with Gasteiger partial charge in [0.15, 0.2) is 0 Å². The van der Waals surface area contributed by atoms with Gasteiger partial charge in [-0.25, -0.2) is 13.1 Å². The molecule has 0 aromatic carbocycles. The zero-order chi connectivity index (χ0) is 10.2. The molecule has 2 saturated carbocycles. The third-order valence-electron chi connectivity index (χ3n) is 3.24. The smallest absolute Gasteiger partial charge is 0.214 e. The van der Waals surface area contributed by atoms with E-state index in [0.717, 1.165) is 32.1 Å². The van der Waals surface area contributed by atoms with Crippen molar-refractivity contribution in [3.8, 4) is 0 Å². The third kappa shape index (κ3) is 2.27. The minimum atomic E-state index is -2.99. The van der Waals surface area contributed by atoms with Gasteiger partial charge in [0.1, 0.15) is 0 Å². The van der Waals surface area contributed by atoms with Gasteiger partial charge in [-0.05, 0) is 44.1 Å². The molecule has 82 valence electrons. The standard InChI is InChI=1S/C9H18N2O2S/c10-6-5-9(3-4-9)7-11-14(12,13)8-1-2-8/h8,11H,1-7,10H2. The third-order valence-corrected chi connectivity index (χ3v) is 5.14. The van der Waals surface area contributed by atoms with E-state index in [1.807, 2.05) is 0 Å². The lowest BCUT2D eigenvalue weighted by atomic mass is 10.0. The fourth-order valence-electron chi connectivity index (χ4n) is 1.75. The van der Waals surface area contributed by atoms with Crippen molar-refractivity contribution in [3.63, 3.8) is 0 Å². The summed E-state index contributed by atoms with van der Waals surface area (Å²) in [5, 5.41) is -0.101. The average molecular weight is 218 g/mol. The summed E-state index contributed by atoms with van der Waals surface area (Å²) >= 11 is 0. The van der Waals surface area contributed by atoms with Crippen LogP contribution in [0.1, 0.15) is 32.1 Å². The van der Waals surface area contributed by atoms with Crippen molar-refractivity contribution in [1.82, 2.24) is 4.72 Å². The van der Waals surface area contributed by atoms with Gasteiger partial charge in [0.2, 0.25) is 10.0 Å². The number of sulfonamides is 1. The van der Waals surface area contributed by atoms with Crippen LogP contribution in [0.15, 0.2) is 0 Å². The SMILES string of the molecule is NCCC1(CNS(=O)(=O)C2CC2)CC1. The van der Waals surface area contributed by atoms with Crippen LogP contribution in [0.25, 0.3) is 0 Å². The first-order valence-corrected chi connectivity index (χ1v) is 6.81. The first-order chi connectivity index (χ1) is 6.58. The second-order valence-corrected chi connectivity index (χ2v) is 6.65. The maximum absolute atomic E-state index is 11.5. The molecule has 0 bridgehead atoms. The summed E-state index contributed by atoms with van der Waals surface area (Å²) in [5.74, 6) is 0. The van der Waals surface area contributed by atoms with Crippen molar-refractivity contribution in [2.24, 2.45) is 11.1 Å². The molecule has 0 radical (unpaired) electrons. The van der Waals surface area contributed by atoms with Crippen molar-refractivity contribution in [1.29, 1.82) is 0 Å². The second kappa shape index (κ2) is 3.47. The van der Waals surface area contributed by atoms with Crippen molar-refractivity contribution in [2.75, 3.05) is 13.1 Å². The molecule has 14 heavy (non-hydrogen) atoms. The van der Waals surface area contributed by atoms with E-state index in [4.69, 9.17) is 5.73 Å². The van der Waals surface area contributed by atoms with Crippen LogP contribution in [0.2, 0.25) is 0 Å². The lowest BCUT2D eigenvalue weighted by Gasteiger charge is -2.14. The number of nitrogens with two attached hydrogens (primary N) is 1. The topological polar surface area (TPSA) is 72.2 Å². The Bertz CT molecular complexity index is 305. The normalized spacial score (nSPS) is 24.9. The maximum Gasteiger partial charge on any atom is 0.214 e. The molecule has 2 aliphatic carbocycles. The Morgan fingerprint density at radius 1 is 1.36 bits per heavy atom. The molecule has 2 rings (SSSR count). The van der Waals surface area contributed by atoms with Crippen LogP contribution in [-0.2, 0) is 10.0 Å². The second-order valence-electron chi connectivity index (χ2n) is 4.60. The van der Waals surface area contributed by atoms with Crippen LogP contribution in [-0.4, -0.2) is 26.8 Å². The van der Waals surface area contributed by atoms with Gasteiger partial charge in [-0.15, -0.1) is 0 Å². The number of hydrogen-bond donors (Lipinski definition) is 2. The van der Waals surface area contributed by atoms with Crippen molar-refractivity contribution >= 4 is 10.0 Å². The van der Waals surface area contributed by atoms with Gasteiger partial charge in [-0.3, -0.25) is 0 Å². The van der Waals surface area contributed by atoms with Crippen LogP contribution in [0.4, 0.5) is 0 Å². The highest BCUT2D eigenvalue weighted by Crippen LogP contribution is 2.48. The average Bonchev–Trinajstić information content (AvgIpc) is 2.98. The van der Waals surface area contributed by atoms with E-state index in [1.54, 1.807) is 0 Å². The van der Waals surface area contributed by atoms with Gasteiger partial charge in [0.25, 0.3) is 0 Å². The Morgan fingerprint density at radius 2 is 2.00 bits per heavy atom. The van der Waals surface area contributed by atoms with Crippen LogP contribution >= 0.6 is 0 Å². The fraction of sp³-hybridized carbons (Fsp3) is 1.00. The van der Waals surface area contributed by atoms with Gasteiger partial charge >= 0.3 is 0 Å². The molecule has 0 amide bonds. The van der Waals surface area contributed by atoms with E-state index in [2.05, 4.69) is 4.72 Å². The first-order valence-electron chi connectivity index (χ1n) is 5.27. The summed E-state index contributed by atoms with van der Waals surface area (Å²) in [6.07, 6.45) is 4.85. The highest BCUT2D eigenvalue weighted by Gasteiger charge is 2.44. The zero-order valence-electron chi connectivity index (χ0n) is 8.33. The minimum Gasteiger partial charge on any atom is -0.330 e. The number of rotatable bonds is 6. The largest absolute Gasteiger partial charge is 0.330 e. The van der Waals surface area contributed by atoms with Gasteiger partial charge in [0.05, 0.1) is 5.25 Å². The molecule has 2 aliphatic rings. The van der Waals surface area contributed by atoms with Gasteiger partial charge in [-0.2, -0.15) is 0 Å². The van der Waals surface area contributed by atoms with Crippen LogP contribution < -0.4 is 10.5 Å². The van der Waals surface area contributed by atoms with Crippen LogP contribution in [0.3, 0.4) is 0 Å². The van der Waals surface area contributed by atoms with E-state index in [1.165, 1.54) is 0 Å². The molecular weight excluding hydrogens is 200 g/mol. The molecule has 4 nitrogen and oxygen atoms in total. The Morgan fingerprint density at radius 3 is 2.43 bits per heavy atom. The lowest BCUT2D eigenvalue weighted by molar-refractivity contribution is 0.461. The van der Waals surface area contributed by atoms with E-state index >= 15 is 0 Å². The molecule has 2 fully saturated rings. The number of hydrogen-bond acceptors (Lipinski definition) is 3. The minimum absolute atomic E-state index is 0.101. The molecule has 0 atom stereocenters. The van der Waals surface area contributed by atoms with Crippen LogP contribution in [0.5, 0.6) is 0 Å². The molecule has 0 saturated heterocycles. The molecule has 5 heteroatoms. The Balaban J connectivity index is 1.82. The van der Waals surface area contributed by atoms with Gasteiger partial charge in [-0.1, -0.05) is 0 Å².